The molecule has 0 saturated carbocycles. The molecular weight excluding hydrogens is 1330 g/mol. The molecule has 0 aromatic carbocycles. The molecule has 5 atom stereocenters. The summed E-state index contributed by atoms with van der Waals surface area (Å²) in [6.07, 6.45) is 64.8. The highest BCUT2D eigenvalue weighted by molar-refractivity contribution is 7.47. The molecule has 0 heterocycles. The number of rotatable bonds is 79. The molecule has 3 unspecified atom stereocenters. The molecule has 3 N–H and O–H groups in total. The van der Waals surface area contributed by atoms with Crippen LogP contribution in [-0.2, 0) is 65.4 Å². The van der Waals surface area contributed by atoms with Crippen LogP contribution in [0.1, 0.15) is 408 Å². The number of ether oxygens (including phenoxy) is 4. The molecule has 0 aromatic rings. The molecule has 0 amide bonds. The summed E-state index contributed by atoms with van der Waals surface area (Å²) < 4.78 is 68.7. The molecule has 0 aromatic heterocycles. The van der Waals surface area contributed by atoms with Crippen LogP contribution in [0.5, 0.6) is 0 Å². The van der Waals surface area contributed by atoms with E-state index in [9.17, 15) is 43.2 Å². The van der Waals surface area contributed by atoms with Crippen molar-refractivity contribution >= 4 is 39.5 Å². The normalized spacial score (nSPS) is 14.1. The number of allylic oxidation sites excluding steroid dienone is 4. The van der Waals surface area contributed by atoms with Crippen LogP contribution in [0.15, 0.2) is 24.3 Å². The third kappa shape index (κ3) is 75.8. The predicted molar refractivity (Wildman–Crippen MR) is 418 cm³/mol. The van der Waals surface area contributed by atoms with Crippen molar-refractivity contribution in [2.45, 2.75) is 426 Å². The van der Waals surface area contributed by atoms with Gasteiger partial charge in [0.05, 0.1) is 26.4 Å². The number of esters is 4. The van der Waals surface area contributed by atoms with E-state index in [-0.39, 0.29) is 25.7 Å². The van der Waals surface area contributed by atoms with E-state index in [2.05, 4.69) is 72.8 Å². The first kappa shape index (κ1) is 99.5. The number of carbonyl (C=O) groups is 4. The Morgan fingerprint density at radius 2 is 0.529 bits per heavy atom. The summed E-state index contributed by atoms with van der Waals surface area (Å²) in [7, 11) is -9.93. The van der Waals surface area contributed by atoms with Crippen molar-refractivity contribution in [2.75, 3.05) is 39.6 Å². The number of carbonyl (C=O) groups excluding carboxylic acids is 4. The van der Waals surface area contributed by atoms with E-state index >= 15 is 0 Å². The average molecular weight is 1490 g/mol. The molecule has 102 heavy (non-hydrogen) atoms. The van der Waals surface area contributed by atoms with Crippen LogP contribution in [0.4, 0.5) is 0 Å². The van der Waals surface area contributed by atoms with E-state index in [1.54, 1.807) is 0 Å². The number of phosphoric acid groups is 2. The first-order chi connectivity index (χ1) is 49.2. The summed E-state index contributed by atoms with van der Waals surface area (Å²) >= 11 is 0. The lowest BCUT2D eigenvalue weighted by atomic mass is 10.0. The van der Waals surface area contributed by atoms with Gasteiger partial charge in [0.25, 0.3) is 0 Å². The predicted octanol–water partition coefficient (Wildman–Crippen LogP) is 24.5. The van der Waals surface area contributed by atoms with Gasteiger partial charge in [0.15, 0.2) is 12.2 Å². The minimum Gasteiger partial charge on any atom is -0.462 e. The van der Waals surface area contributed by atoms with E-state index in [1.807, 2.05) is 0 Å². The molecule has 0 aliphatic carbocycles. The first-order valence-corrected chi connectivity index (χ1v) is 45.2. The second-order valence-corrected chi connectivity index (χ2v) is 33.5. The summed E-state index contributed by atoms with van der Waals surface area (Å²) in [5.74, 6) is 0.167. The number of aliphatic hydroxyl groups is 1. The molecule has 0 rings (SSSR count). The van der Waals surface area contributed by atoms with Crippen LogP contribution in [0.2, 0.25) is 0 Å². The molecule has 0 radical (unpaired) electrons. The molecule has 0 aliphatic heterocycles. The fourth-order valence-electron chi connectivity index (χ4n) is 12.3. The minimum atomic E-state index is -4.97. The number of hydrogen-bond donors (Lipinski definition) is 3. The second-order valence-electron chi connectivity index (χ2n) is 30.6. The van der Waals surface area contributed by atoms with Gasteiger partial charge in [-0.2, -0.15) is 0 Å². The van der Waals surface area contributed by atoms with Gasteiger partial charge in [-0.15, -0.1) is 0 Å². The van der Waals surface area contributed by atoms with Gasteiger partial charge < -0.3 is 33.8 Å². The number of phosphoric ester groups is 2. The highest BCUT2D eigenvalue weighted by Gasteiger charge is 2.30. The molecular formula is C83H158O17P2. The van der Waals surface area contributed by atoms with Gasteiger partial charge in [0.2, 0.25) is 0 Å². The van der Waals surface area contributed by atoms with Gasteiger partial charge in [0, 0.05) is 25.7 Å². The summed E-state index contributed by atoms with van der Waals surface area (Å²) in [4.78, 5) is 73.0. The van der Waals surface area contributed by atoms with Gasteiger partial charge in [-0.3, -0.25) is 37.3 Å². The van der Waals surface area contributed by atoms with Gasteiger partial charge in [-0.25, -0.2) is 9.13 Å². The molecule has 0 bridgehead atoms. The molecule has 0 fully saturated rings. The van der Waals surface area contributed by atoms with Crippen LogP contribution in [0.25, 0.3) is 0 Å². The lowest BCUT2D eigenvalue weighted by Gasteiger charge is -2.21. The van der Waals surface area contributed by atoms with Crippen LogP contribution in [0.3, 0.4) is 0 Å². The number of unbranched alkanes of at least 4 members (excludes halogenated alkanes) is 44. The summed E-state index contributed by atoms with van der Waals surface area (Å²) in [6.45, 7) is 11.9. The highest BCUT2D eigenvalue weighted by atomic mass is 31.2. The van der Waals surface area contributed by atoms with E-state index in [4.69, 9.17) is 37.0 Å². The number of aliphatic hydroxyl groups excluding tert-OH is 1. The van der Waals surface area contributed by atoms with E-state index in [1.165, 1.54) is 193 Å². The molecule has 0 aliphatic rings. The van der Waals surface area contributed by atoms with E-state index < -0.39 is 97.5 Å². The van der Waals surface area contributed by atoms with Crippen LogP contribution in [0, 0.1) is 17.8 Å². The maximum Gasteiger partial charge on any atom is 0.472 e. The highest BCUT2D eigenvalue weighted by Crippen LogP contribution is 2.45. The van der Waals surface area contributed by atoms with Crippen LogP contribution in [-0.4, -0.2) is 96.7 Å². The maximum atomic E-state index is 13.1. The molecule has 602 valence electrons. The quantitative estimate of drug-likeness (QED) is 0.0169. The van der Waals surface area contributed by atoms with Crippen molar-refractivity contribution in [3.05, 3.63) is 24.3 Å². The zero-order chi connectivity index (χ0) is 75.1. The van der Waals surface area contributed by atoms with Crippen LogP contribution >= 0.6 is 15.6 Å². The summed E-state index contributed by atoms with van der Waals surface area (Å²) in [5, 5.41) is 10.6. The topological polar surface area (TPSA) is 237 Å². The van der Waals surface area contributed by atoms with Gasteiger partial charge in [-0.1, -0.05) is 355 Å². The Morgan fingerprint density at radius 1 is 0.304 bits per heavy atom. The third-order valence-electron chi connectivity index (χ3n) is 18.8. The maximum absolute atomic E-state index is 13.1. The molecule has 0 saturated heterocycles. The summed E-state index contributed by atoms with van der Waals surface area (Å²) in [5.41, 5.74) is 0. The third-order valence-corrected chi connectivity index (χ3v) is 20.7. The fourth-order valence-corrected chi connectivity index (χ4v) is 13.9. The SMILES string of the molecule is CCCCCC/C=C\C=C/CCCCCCCC(=O)OC[C@H](COP(=O)(O)OCC(O)COP(=O)(O)OC[C@@H](COC(=O)CCCCCCCCCC(C)C)OC(=O)CCCCCCCCCCCCCCCCCCCCC(C)C)OC(=O)CCCCCCCCCCCCCCCC(C)C. The fraction of sp³-hybridized carbons (Fsp3) is 0.904. The van der Waals surface area contributed by atoms with Crippen LogP contribution < -0.4 is 0 Å². The first-order valence-electron chi connectivity index (χ1n) is 42.2. The molecule has 0 spiro atoms. The Bertz CT molecular complexity index is 2070. The Morgan fingerprint density at radius 3 is 0.794 bits per heavy atom. The summed E-state index contributed by atoms with van der Waals surface area (Å²) in [6, 6.07) is 0. The van der Waals surface area contributed by atoms with Gasteiger partial charge >= 0.3 is 39.5 Å². The molecule has 17 nitrogen and oxygen atoms in total. The van der Waals surface area contributed by atoms with E-state index in [0.717, 1.165) is 127 Å². The number of hydrogen-bond acceptors (Lipinski definition) is 15. The second kappa shape index (κ2) is 72.7. The molecule has 19 heteroatoms. The zero-order valence-corrected chi connectivity index (χ0v) is 68.4. The Labute approximate surface area is 624 Å². The lowest BCUT2D eigenvalue weighted by molar-refractivity contribution is -0.161. The van der Waals surface area contributed by atoms with Crippen molar-refractivity contribution in [3.63, 3.8) is 0 Å². The van der Waals surface area contributed by atoms with Crippen molar-refractivity contribution in [3.8, 4) is 0 Å². The van der Waals surface area contributed by atoms with Crippen molar-refractivity contribution in [1.82, 2.24) is 0 Å². The smallest absolute Gasteiger partial charge is 0.462 e. The van der Waals surface area contributed by atoms with Crippen molar-refractivity contribution < 1.29 is 80.2 Å². The van der Waals surface area contributed by atoms with Gasteiger partial charge in [0.1, 0.15) is 19.3 Å². The Hall–Kier alpha value is -2.46. The monoisotopic (exact) mass is 1490 g/mol. The van der Waals surface area contributed by atoms with Gasteiger partial charge in [-0.05, 0) is 69.1 Å². The average Bonchev–Trinajstić information content (AvgIpc) is 0.950. The van der Waals surface area contributed by atoms with Crippen molar-refractivity contribution in [2.24, 2.45) is 17.8 Å². The Kier molecular flexibility index (Phi) is 71.0. The standard InChI is InChI=1S/C83H158O17P2/c1-8-9-10-11-12-13-14-15-20-26-31-36-43-50-57-64-80(85)93-70-78(99-82(87)67-60-53-45-38-33-28-23-25-30-35-41-48-55-62-75(4)5)72-97-101(89,90)95-68-77(84)69-96-102(91,92)98-73-79(71-94-81(86)65-58-51-46-39-42-49-56-63-76(6)7)100-83(88)66-59-52-44-37-32-27-22-19-17-16-18-21-24-29-34-40-47-54-61-74(2)3/h13-15,20,74-79,84H,8-12,16-19,21-73H2,1-7H3,(H,89,90)(H,91,92)/b14-13-,20-15-/t77?,78-,79-/m1/s1. The zero-order valence-electron chi connectivity index (χ0n) is 66.6. The Balaban J connectivity index is 5.24. The minimum absolute atomic E-state index is 0.100. The largest absolute Gasteiger partial charge is 0.472 e. The lowest BCUT2D eigenvalue weighted by Crippen LogP contribution is -2.30. The van der Waals surface area contributed by atoms with Crippen molar-refractivity contribution in [1.29, 1.82) is 0 Å². The van der Waals surface area contributed by atoms with E-state index in [0.29, 0.717) is 31.6 Å².